The number of hydrogen-bond acceptors (Lipinski definition) is 2. The molecule has 0 unspecified atom stereocenters. The fourth-order valence-electron chi connectivity index (χ4n) is 4.50. The molecule has 5 rings (SSSR count). The molecule has 0 spiro atoms. The summed E-state index contributed by atoms with van der Waals surface area (Å²) in [6.45, 7) is 0. The predicted octanol–water partition coefficient (Wildman–Crippen LogP) is 5.61. The van der Waals surface area contributed by atoms with E-state index in [1.807, 2.05) is 6.21 Å². The molecule has 0 bridgehead atoms. The van der Waals surface area contributed by atoms with Crippen molar-refractivity contribution in [1.29, 1.82) is 5.26 Å². The summed E-state index contributed by atoms with van der Waals surface area (Å²) in [6.07, 6.45) is 8.36. The second-order valence-corrected chi connectivity index (χ2v) is 7.32. The van der Waals surface area contributed by atoms with E-state index in [-0.39, 0.29) is 0 Å². The molecular weight excluding hydrogens is 330 g/mol. The normalized spacial score (nSPS) is 16.4. The number of fused-ring (bicyclic) bond motifs is 3. The Morgan fingerprint density at radius 1 is 0.963 bits per heavy atom. The molecule has 3 heteroatoms. The lowest BCUT2D eigenvalue weighted by atomic mass is 9.95. The lowest BCUT2D eigenvalue weighted by Crippen LogP contribution is -2.07. The molecule has 3 nitrogen and oxygen atoms in total. The molecule has 1 aliphatic heterocycles. The molecule has 1 aromatic heterocycles. The van der Waals surface area contributed by atoms with Crippen LogP contribution in [0.15, 0.2) is 59.1 Å². The first-order valence-corrected chi connectivity index (χ1v) is 9.74. The second-order valence-electron chi connectivity index (χ2n) is 7.32. The van der Waals surface area contributed by atoms with E-state index in [1.54, 1.807) is 0 Å². The van der Waals surface area contributed by atoms with Crippen molar-refractivity contribution in [3.63, 3.8) is 0 Å². The third-order valence-corrected chi connectivity index (χ3v) is 5.72. The van der Waals surface area contributed by atoms with Crippen LogP contribution in [0.2, 0.25) is 0 Å². The summed E-state index contributed by atoms with van der Waals surface area (Å²) in [5.74, 6) is 0. The van der Waals surface area contributed by atoms with E-state index in [9.17, 15) is 5.26 Å². The Hall–Kier alpha value is -3.12. The number of para-hydroxylation sites is 1. The van der Waals surface area contributed by atoms with Gasteiger partial charge in [0.25, 0.3) is 0 Å². The number of aliphatic imine (C=N–C) groups is 1. The Bertz CT molecular complexity index is 1140. The van der Waals surface area contributed by atoms with E-state index in [2.05, 4.69) is 64.2 Å². The van der Waals surface area contributed by atoms with E-state index in [4.69, 9.17) is 0 Å². The van der Waals surface area contributed by atoms with Gasteiger partial charge >= 0.3 is 0 Å². The summed E-state index contributed by atoms with van der Waals surface area (Å²) in [5.41, 5.74) is 8.05. The largest absolute Gasteiger partial charge is 0.313 e. The highest BCUT2D eigenvalue weighted by Gasteiger charge is 2.21. The van der Waals surface area contributed by atoms with Gasteiger partial charge in [-0.1, -0.05) is 30.3 Å². The summed E-state index contributed by atoms with van der Waals surface area (Å²) in [5, 5.41) is 10.9. The molecule has 1 aliphatic carbocycles. The van der Waals surface area contributed by atoms with Crippen molar-refractivity contribution in [3.05, 3.63) is 70.9 Å². The van der Waals surface area contributed by atoms with Crippen molar-refractivity contribution in [2.24, 2.45) is 4.99 Å². The van der Waals surface area contributed by atoms with Gasteiger partial charge in [-0.15, -0.1) is 0 Å². The van der Waals surface area contributed by atoms with Crippen molar-refractivity contribution < 1.29 is 0 Å². The Kier molecular flexibility index (Phi) is 3.90. The fourth-order valence-corrected chi connectivity index (χ4v) is 4.50. The first-order valence-electron chi connectivity index (χ1n) is 9.74. The van der Waals surface area contributed by atoms with Crippen LogP contribution in [0.4, 0.5) is 0 Å². The lowest BCUT2D eigenvalue weighted by Gasteiger charge is -2.17. The minimum atomic E-state index is 0.779. The highest BCUT2D eigenvalue weighted by atomic mass is 15.0. The molecule has 2 heterocycles. The molecule has 0 fully saturated rings. The number of allylic oxidation sites excluding steroid dienone is 1. The molecule has 0 radical (unpaired) electrons. The van der Waals surface area contributed by atoms with Crippen LogP contribution in [0, 0.1) is 11.3 Å². The molecule has 2 aromatic carbocycles. The van der Waals surface area contributed by atoms with Crippen LogP contribution in [-0.2, 0) is 12.8 Å². The lowest BCUT2D eigenvalue weighted by molar-refractivity contribution is 0.667. The number of hydrogen-bond donors (Lipinski definition) is 0. The topological polar surface area (TPSA) is 41.1 Å². The highest BCUT2D eigenvalue weighted by molar-refractivity contribution is 5.88. The summed E-state index contributed by atoms with van der Waals surface area (Å²) in [7, 11) is 0. The van der Waals surface area contributed by atoms with Gasteiger partial charge in [0.15, 0.2) is 0 Å². The fraction of sp³-hybridized carbons (Fsp3) is 0.250. The summed E-state index contributed by atoms with van der Waals surface area (Å²) in [6, 6.07) is 19.6. The van der Waals surface area contributed by atoms with Crippen LogP contribution >= 0.6 is 0 Å². The molecule has 0 N–H and O–H groups in total. The first kappa shape index (κ1) is 16.1. The maximum Gasteiger partial charge on any atom is 0.0970 e. The minimum Gasteiger partial charge on any atom is -0.313 e. The molecule has 0 saturated carbocycles. The van der Waals surface area contributed by atoms with E-state index in [0.29, 0.717) is 0 Å². The monoisotopic (exact) mass is 351 g/mol. The summed E-state index contributed by atoms with van der Waals surface area (Å²) >= 11 is 0. The third-order valence-electron chi connectivity index (χ3n) is 5.72. The van der Waals surface area contributed by atoms with E-state index in [0.717, 1.165) is 48.2 Å². The number of aryl methyl sites for hydroxylation is 1. The van der Waals surface area contributed by atoms with Crippen molar-refractivity contribution in [2.45, 2.75) is 38.5 Å². The second kappa shape index (κ2) is 6.55. The van der Waals surface area contributed by atoms with Gasteiger partial charge in [0, 0.05) is 28.5 Å². The van der Waals surface area contributed by atoms with Crippen LogP contribution < -0.4 is 0 Å². The van der Waals surface area contributed by atoms with Gasteiger partial charge in [0.2, 0.25) is 0 Å². The van der Waals surface area contributed by atoms with Gasteiger partial charge in [-0.3, -0.25) is 4.99 Å². The van der Waals surface area contributed by atoms with Gasteiger partial charge in [-0.25, -0.2) is 0 Å². The van der Waals surface area contributed by atoms with E-state index in [1.165, 1.54) is 35.0 Å². The number of nitrogens with zero attached hydrogens (tertiary/aromatic N) is 3. The maximum atomic E-state index is 9.49. The van der Waals surface area contributed by atoms with Crippen LogP contribution in [0.1, 0.15) is 42.5 Å². The van der Waals surface area contributed by atoms with Gasteiger partial charge in [0.05, 0.1) is 22.9 Å². The number of rotatable bonds is 2. The number of nitriles is 1. The quantitative estimate of drug-likeness (QED) is 0.592. The van der Waals surface area contributed by atoms with Crippen LogP contribution in [0.5, 0.6) is 0 Å². The van der Waals surface area contributed by atoms with E-state index >= 15 is 0 Å². The molecule has 27 heavy (non-hydrogen) atoms. The van der Waals surface area contributed by atoms with Crippen molar-refractivity contribution >= 4 is 22.8 Å². The van der Waals surface area contributed by atoms with Gasteiger partial charge in [0.1, 0.15) is 0 Å². The van der Waals surface area contributed by atoms with Crippen molar-refractivity contribution in [3.8, 4) is 11.8 Å². The predicted molar refractivity (Wildman–Crippen MR) is 110 cm³/mol. The molecule has 2 aliphatic rings. The smallest absolute Gasteiger partial charge is 0.0970 e. The number of benzene rings is 2. The SMILES string of the molecule is N#CC1=C(c2cccc(-n3c4c(c5ccccc53)CCCC4)c2)N=CCC1. The molecule has 0 saturated heterocycles. The Morgan fingerprint density at radius 3 is 2.78 bits per heavy atom. The van der Waals surface area contributed by atoms with Gasteiger partial charge < -0.3 is 4.57 Å². The van der Waals surface area contributed by atoms with Crippen molar-refractivity contribution in [1.82, 2.24) is 4.57 Å². The first-order chi connectivity index (χ1) is 13.4. The zero-order chi connectivity index (χ0) is 18.2. The average Bonchev–Trinajstić information content (AvgIpc) is 3.08. The average molecular weight is 351 g/mol. The van der Waals surface area contributed by atoms with Crippen LogP contribution in [0.25, 0.3) is 22.3 Å². The van der Waals surface area contributed by atoms with Crippen molar-refractivity contribution in [2.75, 3.05) is 0 Å². The van der Waals surface area contributed by atoms with E-state index < -0.39 is 0 Å². The Balaban J connectivity index is 1.73. The van der Waals surface area contributed by atoms with Crippen LogP contribution in [-0.4, -0.2) is 10.8 Å². The zero-order valence-corrected chi connectivity index (χ0v) is 15.3. The molecular formula is C24H21N3. The molecule has 3 aromatic rings. The zero-order valence-electron chi connectivity index (χ0n) is 15.3. The minimum absolute atomic E-state index is 0.779. The highest BCUT2D eigenvalue weighted by Crippen LogP contribution is 2.35. The number of aromatic nitrogens is 1. The third kappa shape index (κ3) is 2.61. The van der Waals surface area contributed by atoms with Crippen LogP contribution in [0.3, 0.4) is 0 Å². The molecule has 132 valence electrons. The Morgan fingerprint density at radius 2 is 1.85 bits per heavy atom. The summed E-state index contributed by atoms with van der Waals surface area (Å²) in [4.78, 5) is 4.55. The van der Waals surface area contributed by atoms with Gasteiger partial charge in [-0.2, -0.15) is 5.26 Å². The molecule has 0 amide bonds. The maximum absolute atomic E-state index is 9.49. The Labute approximate surface area is 159 Å². The summed E-state index contributed by atoms with van der Waals surface area (Å²) < 4.78 is 2.42. The standard InChI is InChI=1S/C24H21N3/c25-16-18-8-6-14-26-24(18)17-7-5-9-19(15-17)27-22-12-3-1-10-20(22)21-11-2-4-13-23(21)27/h1,3,5,7,9-10,12,14-15H,2,4,6,8,11,13H2. The molecule has 0 atom stereocenters. The van der Waals surface area contributed by atoms with Gasteiger partial charge in [-0.05, 0) is 62.3 Å².